The summed E-state index contributed by atoms with van der Waals surface area (Å²) in [5, 5.41) is 23.3. The Hall–Kier alpha value is -3.06. The van der Waals surface area contributed by atoms with Gasteiger partial charge in [-0.3, -0.25) is 10.1 Å². The molecule has 7 nitrogen and oxygen atoms in total. The Morgan fingerprint density at radius 2 is 2.04 bits per heavy atom. The minimum absolute atomic E-state index is 0.0832. The fraction of sp³-hybridized carbons (Fsp3) is 0.333. The number of rotatable bonds is 3. The van der Waals surface area contributed by atoms with E-state index in [4.69, 9.17) is 10.5 Å². The first-order chi connectivity index (χ1) is 13.3. The number of nitrogen functional groups attached to an aromatic ring is 1. The summed E-state index contributed by atoms with van der Waals surface area (Å²) in [6.07, 6.45) is 0.919. The number of ketones is 1. The van der Waals surface area contributed by atoms with E-state index in [9.17, 15) is 19.8 Å². The molecule has 1 unspecified atom stereocenters. The fourth-order valence-corrected chi connectivity index (χ4v) is 4.70. The standard InChI is InChI=1S/C21H20N2O5/c1-10(11-5-6-11)12-7-8-13-16(9-12)28-21(27)14-3-2-4-15(22)17(14)18(24)20(13,21)23-19(25)26/h2-4,7-11,23,27H,5-6,22H2,1H3,(H,25,26)/t10?,20-,21-/m1/s1. The van der Waals surface area contributed by atoms with E-state index in [0.717, 1.165) is 5.56 Å². The van der Waals surface area contributed by atoms with Crippen LogP contribution in [-0.2, 0) is 11.3 Å². The normalized spacial score (nSPS) is 28.1. The molecule has 28 heavy (non-hydrogen) atoms. The lowest BCUT2D eigenvalue weighted by molar-refractivity contribution is -0.169. The zero-order chi connectivity index (χ0) is 19.8. The molecule has 1 amide bonds. The minimum atomic E-state index is -2.20. The van der Waals surface area contributed by atoms with Crippen molar-refractivity contribution in [3.63, 3.8) is 0 Å². The number of fused-ring (bicyclic) bond motifs is 5. The topological polar surface area (TPSA) is 122 Å². The van der Waals surface area contributed by atoms with Gasteiger partial charge in [-0.25, -0.2) is 4.79 Å². The molecular weight excluding hydrogens is 360 g/mol. The summed E-state index contributed by atoms with van der Waals surface area (Å²) in [5.74, 6) is -1.56. The predicted octanol–water partition coefficient (Wildman–Crippen LogP) is 2.68. The first-order valence-corrected chi connectivity index (χ1v) is 9.30. The Balaban J connectivity index is 1.73. The van der Waals surface area contributed by atoms with Gasteiger partial charge in [-0.1, -0.05) is 31.2 Å². The van der Waals surface area contributed by atoms with E-state index < -0.39 is 23.2 Å². The Bertz CT molecular complexity index is 1050. The van der Waals surface area contributed by atoms with E-state index in [1.54, 1.807) is 18.2 Å². The van der Waals surface area contributed by atoms with Gasteiger partial charge in [0.05, 0.1) is 5.56 Å². The molecule has 0 aromatic heterocycles. The number of anilines is 1. The number of ether oxygens (including phenoxy) is 1. The van der Waals surface area contributed by atoms with Crippen LogP contribution in [0.4, 0.5) is 10.5 Å². The molecule has 5 rings (SSSR count). The van der Waals surface area contributed by atoms with Crippen molar-refractivity contribution in [2.75, 3.05) is 5.73 Å². The number of carboxylic acid groups (broad SMARTS) is 1. The number of amides is 1. The maximum absolute atomic E-state index is 13.4. The molecule has 2 aromatic carbocycles. The average molecular weight is 380 g/mol. The summed E-state index contributed by atoms with van der Waals surface area (Å²) in [4.78, 5) is 25.1. The SMILES string of the molecule is CC(c1ccc2c(c1)O[C@]1(O)c3cccc(N)c3C(=O)[C@]21NC(=O)O)C1CC1. The highest BCUT2D eigenvalue weighted by atomic mass is 16.6. The van der Waals surface area contributed by atoms with Crippen molar-refractivity contribution in [2.45, 2.75) is 37.0 Å². The zero-order valence-electron chi connectivity index (χ0n) is 15.2. The van der Waals surface area contributed by atoms with Gasteiger partial charge < -0.3 is 20.7 Å². The van der Waals surface area contributed by atoms with Crippen molar-refractivity contribution in [3.8, 4) is 5.75 Å². The fourth-order valence-electron chi connectivity index (χ4n) is 4.70. The van der Waals surface area contributed by atoms with Gasteiger partial charge >= 0.3 is 6.09 Å². The van der Waals surface area contributed by atoms with Gasteiger partial charge in [0.25, 0.3) is 5.79 Å². The molecule has 0 bridgehead atoms. The van der Waals surface area contributed by atoms with Crippen LogP contribution in [0, 0.1) is 5.92 Å². The third-order valence-electron chi connectivity index (χ3n) is 6.35. The van der Waals surface area contributed by atoms with Crippen LogP contribution in [0.3, 0.4) is 0 Å². The highest BCUT2D eigenvalue weighted by molar-refractivity contribution is 6.14. The highest BCUT2D eigenvalue weighted by Gasteiger charge is 2.72. The van der Waals surface area contributed by atoms with E-state index in [0.29, 0.717) is 23.1 Å². The number of carbonyl (C=O) groups excluding carboxylic acids is 1. The number of Topliss-reactive ketones (excluding diaryl/α,β-unsaturated/α-hetero) is 1. The van der Waals surface area contributed by atoms with E-state index in [2.05, 4.69) is 12.2 Å². The molecule has 0 radical (unpaired) electrons. The van der Waals surface area contributed by atoms with E-state index in [1.165, 1.54) is 25.0 Å². The molecule has 1 fully saturated rings. The molecule has 3 atom stereocenters. The first kappa shape index (κ1) is 17.1. The maximum Gasteiger partial charge on any atom is 0.405 e. The minimum Gasteiger partial charge on any atom is -0.465 e. The molecule has 1 aliphatic heterocycles. The second-order valence-corrected chi connectivity index (χ2v) is 7.91. The van der Waals surface area contributed by atoms with Crippen LogP contribution in [0.25, 0.3) is 0 Å². The van der Waals surface area contributed by atoms with Crippen LogP contribution < -0.4 is 15.8 Å². The molecule has 1 heterocycles. The summed E-state index contributed by atoms with van der Waals surface area (Å²) in [5.41, 5.74) is 5.73. The van der Waals surface area contributed by atoms with Crippen molar-refractivity contribution in [1.82, 2.24) is 5.32 Å². The van der Waals surface area contributed by atoms with Gasteiger partial charge in [-0.2, -0.15) is 0 Å². The quantitative estimate of drug-likeness (QED) is 0.608. The van der Waals surface area contributed by atoms with E-state index in [1.807, 2.05) is 6.07 Å². The third-order valence-corrected chi connectivity index (χ3v) is 6.35. The number of nitrogens with one attached hydrogen (secondary N) is 1. The number of hydrogen-bond donors (Lipinski definition) is 4. The molecule has 2 aliphatic carbocycles. The van der Waals surface area contributed by atoms with Gasteiger partial charge in [-0.05, 0) is 42.4 Å². The van der Waals surface area contributed by atoms with Gasteiger partial charge in [0, 0.05) is 16.8 Å². The highest BCUT2D eigenvalue weighted by Crippen LogP contribution is 2.59. The summed E-state index contributed by atoms with van der Waals surface area (Å²) >= 11 is 0. The summed E-state index contributed by atoms with van der Waals surface area (Å²) < 4.78 is 5.92. The van der Waals surface area contributed by atoms with Gasteiger partial charge in [-0.15, -0.1) is 0 Å². The maximum atomic E-state index is 13.4. The third kappa shape index (κ3) is 1.91. The lowest BCUT2D eigenvalue weighted by atomic mass is 9.82. The van der Waals surface area contributed by atoms with Gasteiger partial charge in [0.2, 0.25) is 11.3 Å². The van der Waals surface area contributed by atoms with Crippen molar-refractivity contribution in [3.05, 3.63) is 58.7 Å². The Morgan fingerprint density at radius 3 is 2.71 bits per heavy atom. The second-order valence-electron chi connectivity index (χ2n) is 7.91. The number of hydrogen-bond acceptors (Lipinski definition) is 5. The Labute approximate surface area is 161 Å². The monoisotopic (exact) mass is 380 g/mol. The average Bonchev–Trinajstić information content (AvgIpc) is 3.43. The van der Waals surface area contributed by atoms with Crippen molar-refractivity contribution in [2.24, 2.45) is 5.92 Å². The summed E-state index contributed by atoms with van der Waals surface area (Å²) in [7, 11) is 0. The number of nitrogens with two attached hydrogens (primary N) is 1. The summed E-state index contributed by atoms with van der Waals surface area (Å²) in [6.45, 7) is 2.14. The van der Waals surface area contributed by atoms with Crippen LogP contribution in [0.5, 0.6) is 5.75 Å². The number of aliphatic hydroxyl groups is 1. The molecule has 0 spiro atoms. The molecule has 1 saturated carbocycles. The van der Waals surface area contributed by atoms with Gasteiger partial charge in [0.1, 0.15) is 5.75 Å². The molecule has 144 valence electrons. The largest absolute Gasteiger partial charge is 0.465 e. The van der Waals surface area contributed by atoms with Crippen LogP contribution in [-0.4, -0.2) is 22.1 Å². The smallest absolute Gasteiger partial charge is 0.405 e. The first-order valence-electron chi connectivity index (χ1n) is 9.30. The van der Waals surface area contributed by atoms with Crippen molar-refractivity contribution < 1.29 is 24.5 Å². The van der Waals surface area contributed by atoms with Crippen LogP contribution in [0.1, 0.15) is 52.7 Å². The molecule has 3 aliphatic rings. The Morgan fingerprint density at radius 1 is 1.29 bits per heavy atom. The van der Waals surface area contributed by atoms with Crippen molar-refractivity contribution in [1.29, 1.82) is 0 Å². The number of benzene rings is 2. The summed E-state index contributed by atoms with van der Waals surface area (Å²) in [6, 6.07) is 10.0. The molecule has 0 saturated heterocycles. The van der Waals surface area contributed by atoms with Crippen LogP contribution in [0.2, 0.25) is 0 Å². The number of carbonyl (C=O) groups is 2. The zero-order valence-corrected chi connectivity index (χ0v) is 15.2. The van der Waals surface area contributed by atoms with Gasteiger partial charge in [0.15, 0.2) is 0 Å². The molecule has 2 aromatic rings. The van der Waals surface area contributed by atoms with Crippen molar-refractivity contribution >= 4 is 17.6 Å². The van der Waals surface area contributed by atoms with E-state index in [-0.39, 0.29) is 16.8 Å². The van der Waals surface area contributed by atoms with Crippen LogP contribution in [0.15, 0.2) is 36.4 Å². The molecule has 5 N–H and O–H groups in total. The predicted molar refractivity (Wildman–Crippen MR) is 100 cm³/mol. The molecular formula is C21H20N2O5. The Kier molecular flexibility index (Phi) is 3.21. The lowest BCUT2D eigenvalue weighted by Crippen LogP contribution is -2.59. The lowest BCUT2D eigenvalue weighted by Gasteiger charge is -2.33. The second kappa shape index (κ2) is 5.26. The van der Waals surface area contributed by atoms with Crippen LogP contribution >= 0.6 is 0 Å². The van der Waals surface area contributed by atoms with E-state index >= 15 is 0 Å². The molecule has 7 heteroatoms.